The van der Waals surface area contributed by atoms with Crippen LogP contribution in [0.25, 0.3) is 0 Å². The summed E-state index contributed by atoms with van der Waals surface area (Å²) in [5.41, 5.74) is 3.81. The van der Waals surface area contributed by atoms with Crippen LogP contribution in [0.2, 0.25) is 0 Å². The Balaban J connectivity index is 1.75. The maximum absolute atomic E-state index is 12.9. The summed E-state index contributed by atoms with van der Waals surface area (Å²) in [6.07, 6.45) is 2.11. The van der Waals surface area contributed by atoms with Gasteiger partial charge in [0.1, 0.15) is 5.00 Å². The van der Waals surface area contributed by atoms with Crippen LogP contribution in [0.1, 0.15) is 37.3 Å². The second-order valence-corrected chi connectivity index (χ2v) is 11.0. The zero-order valence-electron chi connectivity index (χ0n) is 18.5. The van der Waals surface area contributed by atoms with Gasteiger partial charge in [-0.2, -0.15) is 0 Å². The van der Waals surface area contributed by atoms with Gasteiger partial charge in [-0.15, -0.1) is 34.4 Å². The molecule has 0 radical (unpaired) electrons. The lowest BCUT2D eigenvalue weighted by Crippen LogP contribution is -2.46. The molecule has 1 saturated heterocycles. The van der Waals surface area contributed by atoms with E-state index >= 15 is 0 Å². The van der Waals surface area contributed by atoms with E-state index in [9.17, 15) is 4.79 Å². The van der Waals surface area contributed by atoms with Gasteiger partial charge in [-0.3, -0.25) is 9.69 Å². The zero-order chi connectivity index (χ0) is 22.0. The average Bonchev–Trinajstić information content (AvgIpc) is 3.40. The van der Waals surface area contributed by atoms with E-state index in [1.165, 1.54) is 37.8 Å². The highest BCUT2D eigenvalue weighted by Gasteiger charge is 2.31. The Morgan fingerprint density at radius 3 is 2.42 bits per heavy atom. The van der Waals surface area contributed by atoms with Crippen LogP contribution in [-0.2, 0) is 0 Å². The minimum atomic E-state index is -0.0210. The highest BCUT2D eigenvalue weighted by molar-refractivity contribution is 7.98. The Kier molecular flexibility index (Phi) is 7.19. The first-order valence-electron chi connectivity index (χ1n) is 10.5. The number of anilines is 1. The number of piperazine rings is 1. The number of aryl methyl sites for hydroxylation is 1. The van der Waals surface area contributed by atoms with Gasteiger partial charge >= 0.3 is 0 Å². The van der Waals surface area contributed by atoms with Crippen molar-refractivity contribution in [2.45, 2.75) is 24.8 Å². The van der Waals surface area contributed by atoms with Gasteiger partial charge in [-0.25, -0.2) is 0 Å². The Morgan fingerprint density at radius 2 is 1.81 bits per heavy atom. The summed E-state index contributed by atoms with van der Waals surface area (Å²) in [5.74, 6) is -0.0210. The highest BCUT2D eigenvalue weighted by atomic mass is 32.2. The molecule has 1 aliphatic rings. The third-order valence-electron chi connectivity index (χ3n) is 6.01. The van der Waals surface area contributed by atoms with Crippen molar-refractivity contribution in [2.75, 3.05) is 44.8 Å². The van der Waals surface area contributed by atoms with Gasteiger partial charge < -0.3 is 10.2 Å². The molecular weight excluding hydrogens is 442 g/mol. The lowest BCUT2D eigenvalue weighted by molar-refractivity contribution is 0.103. The van der Waals surface area contributed by atoms with Crippen LogP contribution in [0.15, 0.2) is 46.7 Å². The molecule has 1 aromatic carbocycles. The molecule has 1 atom stereocenters. The number of rotatable bonds is 6. The van der Waals surface area contributed by atoms with Gasteiger partial charge in [0.15, 0.2) is 0 Å². The minimum absolute atomic E-state index is 0.0210. The quantitative estimate of drug-likeness (QED) is 0.465. The molecule has 2 aromatic heterocycles. The van der Waals surface area contributed by atoms with Crippen LogP contribution in [0.5, 0.6) is 0 Å². The number of carbonyl (C=O) groups excluding carboxylic acids is 1. The molecule has 1 N–H and O–H groups in total. The molecule has 164 valence electrons. The second kappa shape index (κ2) is 9.88. The molecule has 7 heteroatoms. The number of thiophene rings is 2. The summed E-state index contributed by atoms with van der Waals surface area (Å²) in [6.45, 7) is 8.48. The largest absolute Gasteiger partial charge is 0.313 e. The summed E-state index contributed by atoms with van der Waals surface area (Å²) in [6, 6.07) is 12.9. The van der Waals surface area contributed by atoms with Crippen LogP contribution in [0.3, 0.4) is 0 Å². The first-order valence-corrected chi connectivity index (χ1v) is 13.4. The number of benzene rings is 1. The van der Waals surface area contributed by atoms with Crippen molar-refractivity contribution >= 4 is 45.3 Å². The second-order valence-electron chi connectivity index (χ2n) is 7.97. The van der Waals surface area contributed by atoms with Gasteiger partial charge in [-0.05, 0) is 61.9 Å². The van der Waals surface area contributed by atoms with Crippen molar-refractivity contribution in [3.63, 3.8) is 0 Å². The standard InChI is InChI=1S/C24H29N3OS3/c1-16-17(2)31-24(25-23(28)20-6-5-15-30-20)21(16)22(27-13-11-26(3)12-14-27)18-7-9-19(29-4)10-8-18/h5-10,15,22H,11-14H2,1-4H3,(H,25,28)/t22-/m0/s1. The Morgan fingerprint density at radius 1 is 1.10 bits per heavy atom. The van der Waals surface area contributed by atoms with E-state index in [0.29, 0.717) is 0 Å². The van der Waals surface area contributed by atoms with Crippen molar-refractivity contribution in [3.05, 3.63) is 68.2 Å². The van der Waals surface area contributed by atoms with Gasteiger partial charge in [0.2, 0.25) is 0 Å². The van der Waals surface area contributed by atoms with E-state index in [1.807, 2.05) is 17.5 Å². The minimum Gasteiger partial charge on any atom is -0.313 e. The maximum Gasteiger partial charge on any atom is 0.266 e. The summed E-state index contributed by atoms with van der Waals surface area (Å²) in [5, 5.41) is 6.17. The van der Waals surface area contributed by atoms with Gasteiger partial charge in [0.05, 0.1) is 10.9 Å². The lowest BCUT2D eigenvalue weighted by Gasteiger charge is -2.39. The van der Waals surface area contributed by atoms with Crippen LogP contribution < -0.4 is 5.32 Å². The molecule has 1 fully saturated rings. The van der Waals surface area contributed by atoms with Crippen molar-refractivity contribution in [2.24, 2.45) is 0 Å². The molecule has 0 saturated carbocycles. The van der Waals surface area contributed by atoms with E-state index in [-0.39, 0.29) is 11.9 Å². The van der Waals surface area contributed by atoms with Crippen LogP contribution in [0.4, 0.5) is 5.00 Å². The molecule has 0 unspecified atom stereocenters. The fraction of sp³-hybridized carbons (Fsp3) is 0.375. The molecule has 3 aromatic rings. The Bertz CT molecular complexity index is 1020. The number of hydrogen-bond acceptors (Lipinski definition) is 6. The first kappa shape index (κ1) is 22.6. The fourth-order valence-electron chi connectivity index (χ4n) is 4.07. The predicted octanol–water partition coefficient (Wildman–Crippen LogP) is 5.74. The van der Waals surface area contributed by atoms with Crippen molar-refractivity contribution < 1.29 is 4.79 Å². The summed E-state index contributed by atoms with van der Waals surface area (Å²) in [4.78, 5) is 21.1. The normalized spacial score (nSPS) is 16.4. The number of nitrogens with zero attached hydrogens (tertiary/aromatic N) is 2. The monoisotopic (exact) mass is 471 g/mol. The lowest BCUT2D eigenvalue weighted by atomic mass is 9.94. The summed E-state index contributed by atoms with van der Waals surface area (Å²) in [7, 11) is 2.19. The molecular formula is C24H29N3OS3. The van der Waals surface area contributed by atoms with Crippen LogP contribution in [-0.4, -0.2) is 55.2 Å². The maximum atomic E-state index is 12.9. The molecule has 1 aliphatic heterocycles. The van der Waals surface area contributed by atoms with Gasteiger partial charge in [0, 0.05) is 41.5 Å². The zero-order valence-corrected chi connectivity index (χ0v) is 20.9. The Hall–Kier alpha value is -1.64. The highest BCUT2D eigenvalue weighted by Crippen LogP contribution is 2.43. The number of likely N-dealkylation sites (N-methyl/N-ethyl adjacent to an activating group) is 1. The van der Waals surface area contributed by atoms with E-state index < -0.39 is 0 Å². The van der Waals surface area contributed by atoms with Gasteiger partial charge in [-0.1, -0.05) is 18.2 Å². The third kappa shape index (κ3) is 4.91. The van der Waals surface area contributed by atoms with Crippen LogP contribution in [0, 0.1) is 13.8 Å². The molecule has 0 aliphatic carbocycles. The predicted molar refractivity (Wildman–Crippen MR) is 135 cm³/mol. The molecule has 3 heterocycles. The van der Waals surface area contributed by atoms with Crippen molar-refractivity contribution in [1.82, 2.24) is 9.80 Å². The molecule has 4 rings (SSSR count). The van der Waals surface area contributed by atoms with E-state index in [4.69, 9.17) is 0 Å². The number of amides is 1. The number of hydrogen-bond donors (Lipinski definition) is 1. The third-order valence-corrected chi connectivity index (χ3v) is 8.76. The number of thioether (sulfide) groups is 1. The molecule has 0 spiro atoms. The summed E-state index contributed by atoms with van der Waals surface area (Å²) < 4.78 is 0. The van der Waals surface area contributed by atoms with E-state index in [1.54, 1.807) is 23.1 Å². The molecule has 31 heavy (non-hydrogen) atoms. The SMILES string of the molecule is CSc1ccc([C@@H](c2c(NC(=O)c3cccs3)sc(C)c2C)N2CCN(C)CC2)cc1. The number of carbonyl (C=O) groups is 1. The van der Waals surface area contributed by atoms with Crippen molar-refractivity contribution in [1.29, 1.82) is 0 Å². The Labute approximate surface area is 197 Å². The molecule has 1 amide bonds. The first-order chi connectivity index (χ1) is 15.0. The average molecular weight is 472 g/mol. The van der Waals surface area contributed by atoms with E-state index in [0.717, 1.165) is 36.1 Å². The molecule has 0 bridgehead atoms. The number of nitrogens with one attached hydrogen (secondary N) is 1. The van der Waals surface area contributed by atoms with E-state index in [2.05, 4.69) is 66.5 Å². The fourth-order valence-corrected chi connectivity index (χ4v) is 6.18. The van der Waals surface area contributed by atoms with Crippen molar-refractivity contribution in [3.8, 4) is 0 Å². The van der Waals surface area contributed by atoms with Crippen LogP contribution >= 0.6 is 34.4 Å². The van der Waals surface area contributed by atoms with Gasteiger partial charge in [0.25, 0.3) is 5.91 Å². The molecule has 4 nitrogen and oxygen atoms in total. The summed E-state index contributed by atoms with van der Waals surface area (Å²) >= 11 is 4.94. The topological polar surface area (TPSA) is 35.6 Å². The smallest absolute Gasteiger partial charge is 0.266 e.